The van der Waals surface area contributed by atoms with Gasteiger partial charge in [0.05, 0.1) is 23.2 Å². The second-order valence-electron chi connectivity index (χ2n) is 7.46. The number of amides is 1. The van der Waals surface area contributed by atoms with Crippen LogP contribution >= 0.6 is 11.6 Å². The monoisotopic (exact) mass is 472 g/mol. The van der Waals surface area contributed by atoms with E-state index in [0.29, 0.717) is 0 Å². The predicted octanol–water partition coefficient (Wildman–Crippen LogP) is 3.97. The number of sulfonamides is 1. The maximum absolute atomic E-state index is 12.4. The molecule has 1 aromatic heterocycles. The molecule has 0 saturated carbocycles. The largest absolute Gasteiger partial charge is 0.318 e. The normalized spacial score (nSPS) is 11.7. The molecule has 32 heavy (non-hydrogen) atoms. The van der Waals surface area contributed by atoms with E-state index in [1.165, 1.54) is 0 Å². The van der Waals surface area contributed by atoms with Crippen LogP contribution in [0.1, 0.15) is 22.5 Å². The lowest BCUT2D eigenvalue weighted by Crippen LogP contribution is -2.39. The first-order valence-corrected chi connectivity index (χ1v) is 12.1. The molecular weight excluding hydrogens is 448 g/mol. The lowest BCUT2D eigenvalue weighted by atomic mass is 10.2. The van der Waals surface area contributed by atoms with Gasteiger partial charge in [0.15, 0.2) is 0 Å². The van der Waals surface area contributed by atoms with Crippen molar-refractivity contribution in [2.75, 3.05) is 17.1 Å². The molecule has 0 saturated heterocycles. The van der Waals surface area contributed by atoms with Gasteiger partial charge in [-0.2, -0.15) is 5.10 Å². The molecule has 0 fully saturated rings. The van der Waals surface area contributed by atoms with Crippen LogP contribution in [0.2, 0.25) is 5.02 Å². The first-order chi connectivity index (χ1) is 15.1. The molecule has 168 valence electrons. The van der Waals surface area contributed by atoms with Gasteiger partial charge in [-0.3, -0.25) is 9.10 Å². The van der Waals surface area contributed by atoms with Gasteiger partial charge in [-0.05, 0) is 50.6 Å². The van der Waals surface area contributed by atoms with Crippen molar-refractivity contribution < 1.29 is 13.2 Å². The van der Waals surface area contributed by atoms with Gasteiger partial charge in [-0.15, -0.1) is 0 Å². The second kappa shape index (κ2) is 9.58. The van der Waals surface area contributed by atoms with E-state index >= 15 is 0 Å². The Morgan fingerprint density at radius 1 is 1.12 bits per heavy atom. The number of rotatable bonds is 7. The molecule has 0 radical (unpaired) electrons. The van der Waals surface area contributed by atoms with Gasteiger partial charge in [-0.1, -0.05) is 41.9 Å². The van der Waals surface area contributed by atoms with Crippen molar-refractivity contribution in [3.8, 4) is 5.69 Å². The molecule has 0 aliphatic heterocycles. The van der Waals surface area contributed by atoms with Gasteiger partial charge in [-0.25, -0.2) is 13.8 Å². The van der Waals surface area contributed by atoms with Crippen molar-refractivity contribution in [3.05, 3.63) is 82.1 Å². The highest BCUT2D eigenvalue weighted by molar-refractivity contribution is 7.92. The van der Waals surface area contributed by atoms with Gasteiger partial charge in [0.1, 0.15) is 6.54 Å². The van der Waals surface area contributed by atoms with E-state index in [1.54, 1.807) is 30.5 Å². The summed E-state index contributed by atoms with van der Waals surface area (Å²) >= 11 is 6.12. The summed E-state index contributed by atoms with van der Waals surface area (Å²) in [6.45, 7) is 5.59. The Hall–Kier alpha value is -3.10. The number of benzene rings is 2. The van der Waals surface area contributed by atoms with Crippen LogP contribution < -0.4 is 9.73 Å². The van der Waals surface area contributed by atoms with Crippen molar-refractivity contribution in [3.63, 3.8) is 0 Å². The summed E-state index contributed by atoms with van der Waals surface area (Å²) in [6, 6.07) is 16.5. The van der Waals surface area contributed by atoms with Crippen LogP contribution in [0.5, 0.6) is 0 Å². The minimum atomic E-state index is -3.72. The molecule has 2 aromatic carbocycles. The fourth-order valence-corrected chi connectivity index (χ4v) is 4.63. The fourth-order valence-electron chi connectivity index (χ4n) is 3.48. The van der Waals surface area contributed by atoms with Crippen molar-refractivity contribution in [1.29, 1.82) is 0 Å². The highest BCUT2D eigenvalue weighted by atomic mass is 35.5. The summed E-state index contributed by atoms with van der Waals surface area (Å²) in [5, 5.41) is 4.27. The number of nitrogens with one attached hydrogen (secondary N) is 1. The number of aromatic nitrogens is 1. The summed E-state index contributed by atoms with van der Waals surface area (Å²) in [5.74, 6) is -0.584. The Kier molecular flexibility index (Phi) is 7.06. The van der Waals surface area contributed by atoms with Crippen LogP contribution in [0.4, 0.5) is 5.69 Å². The molecular formula is C23H25ClN4O3S. The molecule has 1 N–H and O–H groups in total. The fraction of sp³-hybridized carbons (Fsp3) is 0.217. The Bertz CT molecular complexity index is 1280. The third-order valence-electron chi connectivity index (χ3n) is 5.03. The first-order valence-electron chi connectivity index (χ1n) is 9.88. The van der Waals surface area contributed by atoms with Crippen LogP contribution in [-0.2, 0) is 14.8 Å². The van der Waals surface area contributed by atoms with Crippen molar-refractivity contribution >= 4 is 39.4 Å². The number of hydrazone groups is 1. The van der Waals surface area contributed by atoms with Gasteiger partial charge in [0, 0.05) is 22.6 Å². The highest BCUT2D eigenvalue weighted by Crippen LogP contribution is 2.27. The summed E-state index contributed by atoms with van der Waals surface area (Å²) in [6.07, 6.45) is 2.57. The standard InChI is InChI=1S/C23H25ClN4O3S/c1-16-9-5-7-11-21(16)28-17(2)13-19(18(28)3)14-25-26-23(29)15-27(32(4,30)31)22-12-8-6-10-20(22)24/h5-14H,15H2,1-4H3,(H,26,29)/b25-14-. The third-order valence-corrected chi connectivity index (χ3v) is 6.47. The third kappa shape index (κ3) is 5.20. The number of para-hydroxylation sites is 2. The number of aryl methyl sites for hydroxylation is 2. The average Bonchev–Trinajstić information content (AvgIpc) is 3.00. The molecule has 0 unspecified atom stereocenters. The molecule has 1 amide bonds. The van der Waals surface area contributed by atoms with Crippen LogP contribution in [0.3, 0.4) is 0 Å². The lowest BCUT2D eigenvalue weighted by Gasteiger charge is -2.22. The predicted molar refractivity (Wildman–Crippen MR) is 129 cm³/mol. The summed E-state index contributed by atoms with van der Waals surface area (Å²) in [7, 11) is -3.72. The Morgan fingerprint density at radius 3 is 2.44 bits per heavy atom. The van der Waals surface area contributed by atoms with Gasteiger partial charge in [0.2, 0.25) is 10.0 Å². The molecule has 0 spiro atoms. The molecule has 0 bridgehead atoms. The van der Waals surface area contributed by atoms with Crippen LogP contribution in [0.25, 0.3) is 5.69 Å². The van der Waals surface area contributed by atoms with E-state index in [4.69, 9.17) is 11.6 Å². The van der Waals surface area contributed by atoms with Gasteiger partial charge in [0.25, 0.3) is 5.91 Å². The Labute approximate surface area is 193 Å². The second-order valence-corrected chi connectivity index (χ2v) is 9.78. The van der Waals surface area contributed by atoms with E-state index in [9.17, 15) is 13.2 Å². The van der Waals surface area contributed by atoms with Crippen LogP contribution in [0.15, 0.2) is 59.7 Å². The van der Waals surface area contributed by atoms with Crippen molar-refractivity contribution in [1.82, 2.24) is 9.99 Å². The van der Waals surface area contributed by atoms with Crippen LogP contribution in [0, 0.1) is 20.8 Å². The van der Waals surface area contributed by atoms with E-state index in [1.807, 2.05) is 38.1 Å². The van der Waals surface area contributed by atoms with Crippen LogP contribution in [-0.4, -0.2) is 37.9 Å². The number of anilines is 1. The zero-order valence-electron chi connectivity index (χ0n) is 18.3. The SMILES string of the molecule is Cc1ccccc1-n1c(C)cc(/C=N\NC(=O)CN(c2ccccc2Cl)S(C)(=O)=O)c1C. The number of carbonyl (C=O) groups excluding carboxylic acids is 1. The number of hydrogen-bond donors (Lipinski definition) is 1. The average molecular weight is 473 g/mol. The molecule has 3 rings (SSSR count). The highest BCUT2D eigenvalue weighted by Gasteiger charge is 2.22. The van der Waals surface area contributed by atoms with E-state index < -0.39 is 22.5 Å². The summed E-state index contributed by atoms with van der Waals surface area (Å²) in [4.78, 5) is 12.4. The zero-order valence-corrected chi connectivity index (χ0v) is 19.9. The molecule has 0 atom stereocenters. The van der Waals surface area contributed by atoms with Gasteiger partial charge >= 0.3 is 0 Å². The maximum Gasteiger partial charge on any atom is 0.260 e. The summed E-state index contributed by atoms with van der Waals surface area (Å²) < 4.78 is 27.5. The molecule has 0 aliphatic carbocycles. The molecule has 7 nitrogen and oxygen atoms in total. The number of carbonyl (C=O) groups is 1. The Balaban J connectivity index is 1.76. The molecule has 1 heterocycles. The summed E-state index contributed by atoms with van der Waals surface area (Å²) in [5.41, 5.74) is 7.71. The van der Waals surface area contributed by atoms with E-state index in [-0.39, 0.29) is 10.7 Å². The van der Waals surface area contributed by atoms with Gasteiger partial charge < -0.3 is 4.57 Å². The van der Waals surface area contributed by atoms with Crippen molar-refractivity contribution in [2.45, 2.75) is 20.8 Å². The quantitative estimate of drug-likeness (QED) is 0.417. The zero-order chi connectivity index (χ0) is 23.5. The smallest absolute Gasteiger partial charge is 0.260 e. The minimum absolute atomic E-state index is 0.234. The lowest BCUT2D eigenvalue weighted by molar-refractivity contribution is -0.119. The Morgan fingerprint density at radius 2 is 1.78 bits per heavy atom. The van der Waals surface area contributed by atoms with E-state index in [2.05, 4.69) is 28.1 Å². The minimum Gasteiger partial charge on any atom is -0.318 e. The van der Waals surface area contributed by atoms with E-state index in [0.717, 1.165) is 38.8 Å². The number of hydrogen-bond acceptors (Lipinski definition) is 4. The molecule has 9 heteroatoms. The van der Waals surface area contributed by atoms with Crippen molar-refractivity contribution in [2.24, 2.45) is 5.10 Å². The topological polar surface area (TPSA) is 83.8 Å². The molecule has 0 aliphatic rings. The maximum atomic E-state index is 12.4. The number of halogens is 1. The number of nitrogens with zero attached hydrogens (tertiary/aromatic N) is 3. The molecule has 3 aromatic rings. The first kappa shape index (κ1) is 23.6.